The maximum Gasteiger partial charge on any atom is 0.296 e. The highest BCUT2D eigenvalue weighted by molar-refractivity contribution is 7.86. The number of rotatable bonds is 4. The molecule has 26 heavy (non-hydrogen) atoms. The lowest BCUT2D eigenvalue weighted by atomic mass is 10.2. The second-order valence-electron chi connectivity index (χ2n) is 6.15. The Labute approximate surface area is 155 Å². The van der Waals surface area contributed by atoms with Gasteiger partial charge in [-0.3, -0.25) is 4.18 Å². The summed E-state index contributed by atoms with van der Waals surface area (Å²) in [5.74, 6) is -0.196. The summed E-state index contributed by atoms with van der Waals surface area (Å²) in [7, 11) is -3.80. The highest BCUT2D eigenvalue weighted by Crippen LogP contribution is 2.15. The van der Waals surface area contributed by atoms with Gasteiger partial charge in [0.1, 0.15) is 0 Å². The van der Waals surface area contributed by atoms with Crippen LogP contribution in [0.25, 0.3) is 0 Å². The maximum atomic E-state index is 12.3. The van der Waals surface area contributed by atoms with Gasteiger partial charge < -0.3 is 18.9 Å². The van der Waals surface area contributed by atoms with Gasteiger partial charge >= 0.3 is 0 Å². The minimum absolute atomic E-state index is 0.00206. The van der Waals surface area contributed by atoms with Gasteiger partial charge in [-0.1, -0.05) is 17.7 Å². The molecule has 0 aliphatic carbocycles. The van der Waals surface area contributed by atoms with Crippen LogP contribution in [0.1, 0.15) is 12.0 Å². The third-order valence-electron chi connectivity index (χ3n) is 3.80. The summed E-state index contributed by atoms with van der Waals surface area (Å²) in [6.45, 7) is 5.72. The number of aryl methyl sites for hydroxylation is 1. The Balaban J connectivity index is 1.85. The molecule has 8 heteroatoms. The van der Waals surface area contributed by atoms with Crippen molar-refractivity contribution in [2.45, 2.75) is 18.2 Å². The summed E-state index contributed by atoms with van der Waals surface area (Å²) in [5.41, 5.74) is 0.987. The van der Waals surface area contributed by atoms with E-state index in [2.05, 4.69) is 0 Å². The predicted molar refractivity (Wildman–Crippen MR) is 95.7 cm³/mol. The summed E-state index contributed by atoms with van der Waals surface area (Å²) in [6, 6.07) is 6.56. The highest BCUT2D eigenvalue weighted by atomic mass is 32.2. The molecule has 1 saturated heterocycles. The fraction of sp³-hybridized carbons (Fsp3) is 0.667. The van der Waals surface area contributed by atoms with Crippen LogP contribution in [0.4, 0.5) is 0 Å². The highest BCUT2D eigenvalue weighted by Gasteiger charge is 2.19. The lowest BCUT2D eigenvalue weighted by Crippen LogP contribution is -2.25. The molecule has 1 heterocycles. The van der Waals surface area contributed by atoms with Crippen LogP contribution in [0.5, 0.6) is 0 Å². The Hall–Kier alpha value is -1.03. The SMILES string of the molecule is Cc1ccc(S(=O)(=O)OCC2COCCOCCCOCCOC2)cc1. The van der Waals surface area contributed by atoms with Crippen molar-refractivity contribution >= 4 is 10.1 Å². The number of benzene rings is 1. The van der Waals surface area contributed by atoms with Crippen molar-refractivity contribution in [3.8, 4) is 0 Å². The maximum absolute atomic E-state index is 12.3. The van der Waals surface area contributed by atoms with Gasteiger partial charge in [0.15, 0.2) is 0 Å². The monoisotopic (exact) mass is 388 g/mol. The van der Waals surface area contributed by atoms with Gasteiger partial charge in [0, 0.05) is 19.1 Å². The molecule has 1 fully saturated rings. The minimum Gasteiger partial charge on any atom is -0.379 e. The van der Waals surface area contributed by atoms with Crippen molar-refractivity contribution in [1.29, 1.82) is 0 Å². The molecule has 1 aliphatic rings. The molecule has 2 rings (SSSR count). The van der Waals surface area contributed by atoms with E-state index in [0.29, 0.717) is 52.9 Å². The third-order valence-corrected chi connectivity index (χ3v) is 5.09. The van der Waals surface area contributed by atoms with Gasteiger partial charge in [0.2, 0.25) is 0 Å². The van der Waals surface area contributed by atoms with Gasteiger partial charge in [0.05, 0.1) is 51.1 Å². The van der Waals surface area contributed by atoms with Gasteiger partial charge in [-0.15, -0.1) is 0 Å². The van der Waals surface area contributed by atoms with Crippen molar-refractivity contribution in [3.05, 3.63) is 29.8 Å². The van der Waals surface area contributed by atoms with Crippen molar-refractivity contribution in [3.63, 3.8) is 0 Å². The van der Waals surface area contributed by atoms with Crippen LogP contribution in [-0.4, -0.2) is 67.9 Å². The van der Waals surface area contributed by atoms with Gasteiger partial charge in [0.25, 0.3) is 10.1 Å². The standard InChI is InChI=1S/C18H28O7S/c1-16-3-5-18(6-4-16)26(19,20)25-15-17-13-23-11-9-21-7-2-8-22-10-12-24-14-17/h3-6,17H,2,7-15H2,1H3. The van der Waals surface area contributed by atoms with Crippen LogP contribution >= 0.6 is 0 Å². The van der Waals surface area contributed by atoms with Crippen LogP contribution in [0.15, 0.2) is 29.2 Å². The van der Waals surface area contributed by atoms with E-state index >= 15 is 0 Å². The largest absolute Gasteiger partial charge is 0.379 e. The van der Waals surface area contributed by atoms with Crippen molar-refractivity contribution in [1.82, 2.24) is 0 Å². The normalized spacial score (nSPS) is 19.7. The second kappa shape index (κ2) is 11.6. The zero-order valence-electron chi connectivity index (χ0n) is 15.2. The predicted octanol–water partition coefficient (Wildman–Crippen LogP) is 1.79. The Kier molecular flexibility index (Phi) is 9.52. The molecule has 0 aromatic heterocycles. The van der Waals surface area contributed by atoms with Crippen LogP contribution in [0.3, 0.4) is 0 Å². The lowest BCUT2D eigenvalue weighted by Gasteiger charge is -2.18. The van der Waals surface area contributed by atoms with Crippen LogP contribution < -0.4 is 0 Å². The third kappa shape index (κ3) is 8.11. The van der Waals surface area contributed by atoms with Crippen LogP contribution in [0, 0.1) is 12.8 Å². The fourth-order valence-electron chi connectivity index (χ4n) is 2.31. The average molecular weight is 388 g/mol. The van der Waals surface area contributed by atoms with E-state index in [-0.39, 0.29) is 17.4 Å². The molecule has 0 spiro atoms. The first-order chi connectivity index (χ1) is 12.6. The zero-order valence-corrected chi connectivity index (χ0v) is 16.0. The zero-order chi connectivity index (χ0) is 18.7. The average Bonchev–Trinajstić information content (AvgIpc) is 2.63. The van der Waals surface area contributed by atoms with Crippen molar-refractivity contribution in [2.24, 2.45) is 5.92 Å². The van der Waals surface area contributed by atoms with Gasteiger partial charge in [-0.25, -0.2) is 0 Å². The number of hydrogen-bond acceptors (Lipinski definition) is 7. The Bertz CT molecular complexity index is 586. The summed E-state index contributed by atoms with van der Waals surface area (Å²) in [6.07, 6.45) is 0.841. The van der Waals surface area contributed by atoms with Gasteiger partial charge in [-0.05, 0) is 25.5 Å². The molecule has 148 valence electrons. The van der Waals surface area contributed by atoms with Gasteiger partial charge in [-0.2, -0.15) is 8.42 Å². The van der Waals surface area contributed by atoms with Crippen molar-refractivity contribution in [2.75, 3.05) is 59.5 Å². The Morgan fingerprint density at radius 1 is 0.885 bits per heavy atom. The summed E-state index contributed by atoms with van der Waals surface area (Å²) < 4.78 is 51.8. The Morgan fingerprint density at radius 3 is 2.00 bits per heavy atom. The summed E-state index contributed by atoms with van der Waals surface area (Å²) in [4.78, 5) is 0.146. The molecule has 7 nitrogen and oxygen atoms in total. The quantitative estimate of drug-likeness (QED) is 0.728. The van der Waals surface area contributed by atoms with E-state index in [1.807, 2.05) is 6.92 Å². The molecule has 0 atom stereocenters. The fourth-order valence-corrected chi connectivity index (χ4v) is 3.28. The van der Waals surface area contributed by atoms with E-state index in [1.165, 1.54) is 0 Å². The van der Waals surface area contributed by atoms with E-state index in [1.54, 1.807) is 24.3 Å². The molecule has 0 saturated carbocycles. The molecule has 1 aliphatic heterocycles. The number of hydrogen-bond donors (Lipinski definition) is 0. The first-order valence-corrected chi connectivity index (χ1v) is 10.3. The molecule has 0 bridgehead atoms. The smallest absolute Gasteiger partial charge is 0.296 e. The first-order valence-electron chi connectivity index (χ1n) is 8.85. The topological polar surface area (TPSA) is 80.3 Å². The molecule has 1 aromatic rings. The summed E-state index contributed by atoms with van der Waals surface area (Å²) in [5, 5.41) is 0. The minimum atomic E-state index is -3.80. The molecule has 0 amide bonds. The molecule has 1 aromatic carbocycles. The number of ether oxygens (including phenoxy) is 4. The van der Waals surface area contributed by atoms with E-state index in [9.17, 15) is 8.42 Å². The molecular formula is C18H28O7S. The molecule has 0 radical (unpaired) electrons. The van der Waals surface area contributed by atoms with Crippen LogP contribution in [0.2, 0.25) is 0 Å². The van der Waals surface area contributed by atoms with Crippen LogP contribution in [-0.2, 0) is 33.2 Å². The van der Waals surface area contributed by atoms with E-state index in [0.717, 1.165) is 12.0 Å². The molecule has 0 unspecified atom stereocenters. The first kappa shape index (κ1) is 21.3. The lowest BCUT2D eigenvalue weighted by molar-refractivity contribution is -0.0252. The molecular weight excluding hydrogens is 360 g/mol. The summed E-state index contributed by atoms with van der Waals surface area (Å²) >= 11 is 0. The Morgan fingerprint density at radius 2 is 1.42 bits per heavy atom. The second-order valence-corrected chi connectivity index (χ2v) is 7.76. The van der Waals surface area contributed by atoms with E-state index < -0.39 is 10.1 Å². The molecule has 0 N–H and O–H groups in total. The van der Waals surface area contributed by atoms with E-state index in [4.69, 9.17) is 23.1 Å². The van der Waals surface area contributed by atoms with Crippen molar-refractivity contribution < 1.29 is 31.5 Å².